The topological polar surface area (TPSA) is 15.3 Å². The summed E-state index contributed by atoms with van der Waals surface area (Å²) in [6.45, 7) is 4.25. The van der Waals surface area contributed by atoms with E-state index in [4.69, 9.17) is 0 Å². The van der Waals surface area contributed by atoms with Crippen molar-refractivity contribution in [3.05, 3.63) is 29.8 Å². The van der Waals surface area contributed by atoms with Crippen LogP contribution in [0, 0.1) is 0 Å². The van der Waals surface area contributed by atoms with Crippen molar-refractivity contribution in [2.45, 2.75) is 19.5 Å². The Hall–Kier alpha value is -0.590. The molecule has 0 spiro atoms. The molecule has 1 aliphatic heterocycles. The van der Waals surface area contributed by atoms with Gasteiger partial charge in [0.1, 0.15) is 0 Å². The zero-order chi connectivity index (χ0) is 9.26. The molecule has 1 aromatic rings. The van der Waals surface area contributed by atoms with Gasteiger partial charge in [-0.3, -0.25) is 4.67 Å². The van der Waals surface area contributed by atoms with Gasteiger partial charge in [-0.05, 0) is 18.6 Å². The largest absolute Gasteiger partial charge is 0.383 e. The Morgan fingerprint density at radius 2 is 2.23 bits per heavy atom. The van der Waals surface area contributed by atoms with Gasteiger partial charge in [0.05, 0.1) is 0 Å². The maximum atomic E-state index is 3.45. The quantitative estimate of drug-likeness (QED) is 0.636. The molecule has 0 amide bonds. The molecule has 70 valence electrons. The fourth-order valence-corrected chi connectivity index (χ4v) is 1.86. The lowest BCUT2D eigenvalue weighted by atomic mass is 10.2. The molecule has 2 atom stereocenters. The molecule has 0 fully saturated rings. The summed E-state index contributed by atoms with van der Waals surface area (Å²) in [4.78, 5) is 0. The summed E-state index contributed by atoms with van der Waals surface area (Å²) in [5.41, 5.74) is 2.65. The molecule has 0 saturated heterocycles. The van der Waals surface area contributed by atoms with E-state index >= 15 is 0 Å². The molecule has 0 bridgehead atoms. The summed E-state index contributed by atoms with van der Waals surface area (Å²) >= 11 is 0. The van der Waals surface area contributed by atoms with Gasteiger partial charge in [-0.2, -0.15) is 0 Å². The van der Waals surface area contributed by atoms with Crippen LogP contribution < -0.4 is 5.32 Å². The standard InChI is InChI=1S/C10H15N2P/c1-8-6-11-10-5-3-2-4-9(10)7-12(8)13/h2-5,8,11H,6-7,13H2,1H3/t8-/m1/s1. The number of benzene rings is 1. The predicted octanol–water partition coefficient (Wildman–Crippen LogP) is 2.09. The summed E-state index contributed by atoms with van der Waals surface area (Å²) in [6.07, 6.45) is 0. The van der Waals surface area contributed by atoms with Crippen molar-refractivity contribution in [1.29, 1.82) is 0 Å². The van der Waals surface area contributed by atoms with Crippen LogP contribution in [0.3, 0.4) is 0 Å². The van der Waals surface area contributed by atoms with Crippen LogP contribution in [-0.4, -0.2) is 17.3 Å². The number of nitrogens with zero attached hydrogens (tertiary/aromatic N) is 1. The fraction of sp³-hybridized carbons (Fsp3) is 0.400. The first-order chi connectivity index (χ1) is 6.27. The Labute approximate surface area is 81.6 Å². The van der Waals surface area contributed by atoms with E-state index in [9.17, 15) is 0 Å². The van der Waals surface area contributed by atoms with Gasteiger partial charge < -0.3 is 5.32 Å². The van der Waals surface area contributed by atoms with E-state index in [1.165, 1.54) is 11.3 Å². The van der Waals surface area contributed by atoms with Crippen molar-refractivity contribution < 1.29 is 0 Å². The van der Waals surface area contributed by atoms with Crippen LogP contribution in [0.1, 0.15) is 12.5 Å². The average molecular weight is 194 g/mol. The Morgan fingerprint density at radius 3 is 3.08 bits per heavy atom. The fourth-order valence-electron chi connectivity index (χ4n) is 1.56. The maximum absolute atomic E-state index is 3.45. The van der Waals surface area contributed by atoms with Crippen LogP contribution in [0.2, 0.25) is 0 Å². The molecule has 0 aromatic heterocycles. The lowest BCUT2D eigenvalue weighted by Gasteiger charge is -2.20. The van der Waals surface area contributed by atoms with E-state index in [1.807, 2.05) is 0 Å². The highest BCUT2D eigenvalue weighted by molar-refractivity contribution is 7.13. The van der Waals surface area contributed by atoms with Crippen molar-refractivity contribution >= 4 is 15.1 Å². The van der Waals surface area contributed by atoms with Crippen LogP contribution in [-0.2, 0) is 6.54 Å². The van der Waals surface area contributed by atoms with Crippen molar-refractivity contribution in [1.82, 2.24) is 4.67 Å². The molecule has 1 N–H and O–H groups in total. The first-order valence-electron chi connectivity index (χ1n) is 4.60. The number of nitrogens with one attached hydrogen (secondary N) is 1. The van der Waals surface area contributed by atoms with Crippen LogP contribution in [0.4, 0.5) is 5.69 Å². The number of anilines is 1. The van der Waals surface area contributed by atoms with Crippen LogP contribution in [0.25, 0.3) is 0 Å². The minimum Gasteiger partial charge on any atom is -0.383 e. The van der Waals surface area contributed by atoms with Crippen molar-refractivity contribution in [3.8, 4) is 0 Å². The number of para-hydroxylation sites is 1. The third-order valence-corrected chi connectivity index (χ3v) is 3.22. The number of rotatable bonds is 0. The third kappa shape index (κ3) is 1.84. The number of hydrogen-bond donors (Lipinski definition) is 1. The lowest BCUT2D eigenvalue weighted by Crippen LogP contribution is -2.27. The van der Waals surface area contributed by atoms with Crippen LogP contribution >= 0.6 is 9.39 Å². The molecule has 1 aromatic carbocycles. The van der Waals surface area contributed by atoms with Gasteiger partial charge >= 0.3 is 0 Å². The molecule has 2 nitrogen and oxygen atoms in total. The van der Waals surface area contributed by atoms with Gasteiger partial charge in [0.2, 0.25) is 0 Å². The van der Waals surface area contributed by atoms with Gasteiger partial charge in [0, 0.05) is 24.8 Å². The maximum Gasteiger partial charge on any atom is 0.0386 e. The monoisotopic (exact) mass is 194 g/mol. The Kier molecular flexibility index (Phi) is 2.52. The molecule has 2 rings (SSSR count). The van der Waals surface area contributed by atoms with Crippen LogP contribution in [0.15, 0.2) is 24.3 Å². The molecule has 0 radical (unpaired) electrons. The highest BCUT2D eigenvalue weighted by Gasteiger charge is 2.15. The lowest BCUT2D eigenvalue weighted by molar-refractivity contribution is 0.387. The molecule has 1 unspecified atom stereocenters. The zero-order valence-corrected chi connectivity index (χ0v) is 8.98. The van der Waals surface area contributed by atoms with Gasteiger partial charge in [-0.25, -0.2) is 0 Å². The minimum absolute atomic E-state index is 0.567. The molecular weight excluding hydrogens is 179 g/mol. The predicted molar refractivity (Wildman–Crippen MR) is 59.6 cm³/mol. The van der Waals surface area contributed by atoms with E-state index in [0.29, 0.717) is 6.04 Å². The molecule has 1 aliphatic rings. The van der Waals surface area contributed by atoms with Gasteiger partial charge in [-0.15, -0.1) is 0 Å². The van der Waals surface area contributed by atoms with E-state index in [1.54, 1.807) is 0 Å². The molecule has 13 heavy (non-hydrogen) atoms. The second-order valence-electron chi connectivity index (χ2n) is 3.56. The smallest absolute Gasteiger partial charge is 0.0386 e. The van der Waals surface area contributed by atoms with Crippen molar-refractivity contribution in [2.24, 2.45) is 0 Å². The summed E-state index contributed by atoms with van der Waals surface area (Å²) in [6, 6.07) is 9.06. The molecular formula is C10H15N2P. The van der Waals surface area contributed by atoms with E-state index in [2.05, 4.69) is 50.6 Å². The highest BCUT2D eigenvalue weighted by atomic mass is 31.0. The number of fused-ring (bicyclic) bond motifs is 1. The van der Waals surface area contributed by atoms with Gasteiger partial charge in [0.25, 0.3) is 0 Å². The van der Waals surface area contributed by atoms with Crippen LogP contribution in [0.5, 0.6) is 0 Å². The first kappa shape index (κ1) is 8.98. The van der Waals surface area contributed by atoms with Crippen molar-refractivity contribution in [3.63, 3.8) is 0 Å². The SMILES string of the molecule is C[C@@H]1CNc2ccccc2CN1P. The highest BCUT2D eigenvalue weighted by Crippen LogP contribution is 2.23. The average Bonchev–Trinajstić information content (AvgIpc) is 2.28. The minimum atomic E-state index is 0.567. The second-order valence-corrected chi connectivity index (χ2v) is 4.22. The Bertz CT molecular complexity index is 301. The summed E-state index contributed by atoms with van der Waals surface area (Å²) in [7, 11) is 2.79. The van der Waals surface area contributed by atoms with E-state index in [-0.39, 0.29) is 0 Å². The second kappa shape index (κ2) is 3.65. The molecule has 1 heterocycles. The third-order valence-electron chi connectivity index (χ3n) is 2.52. The van der Waals surface area contributed by atoms with E-state index < -0.39 is 0 Å². The molecule has 0 saturated carbocycles. The normalized spacial score (nSPS) is 23.1. The molecule has 0 aliphatic carbocycles. The number of hydrogen-bond acceptors (Lipinski definition) is 2. The van der Waals surface area contributed by atoms with E-state index in [0.717, 1.165) is 13.1 Å². The Morgan fingerprint density at radius 1 is 1.46 bits per heavy atom. The first-order valence-corrected chi connectivity index (χ1v) is 5.12. The summed E-state index contributed by atoms with van der Waals surface area (Å²) in [5.74, 6) is 0. The zero-order valence-electron chi connectivity index (χ0n) is 7.83. The Balaban J connectivity index is 2.29. The van der Waals surface area contributed by atoms with Gasteiger partial charge in [0.15, 0.2) is 0 Å². The van der Waals surface area contributed by atoms with Gasteiger partial charge in [-0.1, -0.05) is 27.6 Å². The summed E-state index contributed by atoms with van der Waals surface area (Å²) < 4.78 is 2.29. The molecule has 3 heteroatoms. The summed E-state index contributed by atoms with van der Waals surface area (Å²) in [5, 5.41) is 3.45. The van der Waals surface area contributed by atoms with Crippen molar-refractivity contribution in [2.75, 3.05) is 11.9 Å².